The number of benzene rings is 2. The molecular formula is C24H28F2O3. The lowest BCUT2D eigenvalue weighted by molar-refractivity contribution is -0.178. The highest BCUT2D eigenvalue weighted by Gasteiger charge is 2.41. The van der Waals surface area contributed by atoms with E-state index in [-0.39, 0.29) is 11.5 Å². The lowest BCUT2D eigenvalue weighted by atomic mass is 9.80. The summed E-state index contributed by atoms with van der Waals surface area (Å²) in [7, 11) is 0. The third-order valence-corrected chi connectivity index (χ3v) is 6.04. The Bertz CT molecular complexity index is 819. The van der Waals surface area contributed by atoms with E-state index in [4.69, 9.17) is 14.2 Å². The van der Waals surface area contributed by atoms with E-state index in [9.17, 15) is 8.78 Å². The summed E-state index contributed by atoms with van der Waals surface area (Å²) in [5.41, 5.74) is 1.38. The average Bonchev–Trinajstić information content (AvgIpc) is 3.20. The van der Waals surface area contributed by atoms with Crippen molar-refractivity contribution in [1.82, 2.24) is 0 Å². The van der Waals surface area contributed by atoms with Gasteiger partial charge in [0.1, 0.15) is 5.75 Å². The highest BCUT2D eigenvalue weighted by atomic mass is 19.2. The van der Waals surface area contributed by atoms with Crippen LogP contribution in [-0.2, 0) is 9.47 Å². The lowest BCUT2D eigenvalue weighted by Crippen LogP contribution is -2.34. The molecule has 5 heteroatoms. The van der Waals surface area contributed by atoms with Gasteiger partial charge in [-0.25, -0.2) is 8.78 Å². The molecular weight excluding hydrogens is 374 g/mol. The molecule has 1 aliphatic carbocycles. The summed E-state index contributed by atoms with van der Waals surface area (Å²) in [6, 6.07) is 10.6. The zero-order valence-corrected chi connectivity index (χ0v) is 16.9. The van der Waals surface area contributed by atoms with Crippen LogP contribution in [0.2, 0.25) is 0 Å². The van der Waals surface area contributed by atoms with Gasteiger partial charge in [-0.05, 0) is 48.4 Å². The van der Waals surface area contributed by atoms with Crippen molar-refractivity contribution in [3.63, 3.8) is 0 Å². The van der Waals surface area contributed by atoms with E-state index in [1.165, 1.54) is 0 Å². The Labute approximate surface area is 171 Å². The molecule has 0 N–H and O–H groups in total. The number of unbranched alkanes of at least 4 members (excludes halogenated alkanes) is 1. The zero-order chi connectivity index (χ0) is 20.3. The van der Waals surface area contributed by atoms with Crippen LogP contribution in [0.15, 0.2) is 36.4 Å². The molecule has 0 unspecified atom stereocenters. The summed E-state index contributed by atoms with van der Waals surface area (Å²) in [4.78, 5) is 0. The monoisotopic (exact) mass is 402 g/mol. The predicted octanol–water partition coefficient (Wildman–Crippen LogP) is 6.21. The van der Waals surface area contributed by atoms with Gasteiger partial charge in [0.05, 0.1) is 19.8 Å². The number of ether oxygens (including phenoxy) is 3. The van der Waals surface area contributed by atoms with Gasteiger partial charge in [0.2, 0.25) is 0 Å². The molecule has 0 bridgehead atoms. The van der Waals surface area contributed by atoms with Gasteiger partial charge in [0.15, 0.2) is 17.4 Å². The molecule has 3 nitrogen and oxygen atoms in total. The summed E-state index contributed by atoms with van der Waals surface area (Å²) >= 11 is 0. The minimum absolute atomic E-state index is 0.00804. The van der Waals surface area contributed by atoms with E-state index in [1.807, 2.05) is 0 Å². The Kier molecular flexibility index (Phi) is 6.16. The van der Waals surface area contributed by atoms with E-state index in [0.717, 1.165) is 44.3 Å². The second-order valence-electron chi connectivity index (χ2n) is 7.94. The van der Waals surface area contributed by atoms with Gasteiger partial charge in [0.25, 0.3) is 0 Å². The summed E-state index contributed by atoms with van der Waals surface area (Å²) in [5, 5.41) is 0. The fourth-order valence-electron chi connectivity index (χ4n) is 4.32. The van der Waals surface area contributed by atoms with Crippen LogP contribution in [0.25, 0.3) is 11.1 Å². The quantitative estimate of drug-likeness (QED) is 0.538. The normalized spacial score (nSPS) is 19.0. The van der Waals surface area contributed by atoms with Crippen LogP contribution < -0.4 is 4.74 Å². The first-order valence-corrected chi connectivity index (χ1v) is 10.6. The van der Waals surface area contributed by atoms with Crippen LogP contribution in [0.5, 0.6) is 5.75 Å². The third kappa shape index (κ3) is 4.31. The smallest absolute Gasteiger partial charge is 0.168 e. The summed E-state index contributed by atoms with van der Waals surface area (Å²) in [6.07, 6.45) is 4.97. The molecule has 1 saturated carbocycles. The molecule has 1 saturated heterocycles. The van der Waals surface area contributed by atoms with Crippen molar-refractivity contribution in [2.24, 2.45) is 0 Å². The minimum Gasteiger partial charge on any atom is -0.494 e. The highest BCUT2D eigenvalue weighted by molar-refractivity contribution is 5.65. The Hall–Kier alpha value is -1.98. The molecule has 1 aliphatic heterocycles. The maximum Gasteiger partial charge on any atom is 0.168 e. The van der Waals surface area contributed by atoms with E-state index < -0.39 is 17.4 Å². The van der Waals surface area contributed by atoms with Crippen LogP contribution in [0.1, 0.15) is 56.9 Å². The summed E-state index contributed by atoms with van der Waals surface area (Å²) in [5.74, 6) is -1.28. The molecule has 2 aromatic carbocycles. The largest absolute Gasteiger partial charge is 0.494 e. The fourth-order valence-corrected chi connectivity index (χ4v) is 4.32. The van der Waals surface area contributed by atoms with Crippen molar-refractivity contribution in [3.8, 4) is 16.9 Å². The van der Waals surface area contributed by atoms with Crippen LogP contribution in [-0.4, -0.2) is 25.6 Å². The fraction of sp³-hybridized carbons (Fsp3) is 0.500. The minimum atomic E-state index is -0.782. The van der Waals surface area contributed by atoms with Crippen molar-refractivity contribution in [3.05, 3.63) is 53.6 Å². The van der Waals surface area contributed by atoms with E-state index in [1.54, 1.807) is 36.4 Å². The number of hydrogen-bond donors (Lipinski definition) is 0. The summed E-state index contributed by atoms with van der Waals surface area (Å²) in [6.45, 7) is 4.00. The second kappa shape index (κ2) is 8.80. The predicted molar refractivity (Wildman–Crippen MR) is 108 cm³/mol. The number of rotatable bonds is 6. The van der Waals surface area contributed by atoms with Gasteiger partial charge in [-0.1, -0.05) is 37.6 Å². The molecule has 2 fully saturated rings. The first kappa shape index (κ1) is 20.3. The molecule has 156 valence electrons. The Morgan fingerprint density at radius 1 is 0.966 bits per heavy atom. The van der Waals surface area contributed by atoms with Crippen LogP contribution in [0, 0.1) is 11.6 Å². The highest BCUT2D eigenvalue weighted by Crippen LogP contribution is 2.43. The van der Waals surface area contributed by atoms with Gasteiger partial charge in [-0.15, -0.1) is 0 Å². The Morgan fingerprint density at radius 2 is 1.66 bits per heavy atom. The molecule has 0 atom stereocenters. The molecule has 0 radical (unpaired) electrons. The molecule has 2 aromatic rings. The summed E-state index contributed by atoms with van der Waals surface area (Å²) < 4.78 is 46.9. The van der Waals surface area contributed by atoms with Crippen molar-refractivity contribution >= 4 is 0 Å². The molecule has 4 rings (SSSR count). The van der Waals surface area contributed by atoms with Crippen LogP contribution in [0.4, 0.5) is 8.78 Å². The molecule has 0 aromatic heterocycles. The average molecular weight is 402 g/mol. The molecule has 2 aliphatic rings. The van der Waals surface area contributed by atoms with Crippen molar-refractivity contribution in [2.75, 3.05) is 19.8 Å². The van der Waals surface area contributed by atoms with Gasteiger partial charge < -0.3 is 14.2 Å². The zero-order valence-electron chi connectivity index (χ0n) is 16.9. The topological polar surface area (TPSA) is 27.7 Å². The first-order chi connectivity index (χ1) is 14.1. The van der Waals surface area contributed by atoms with Crippen molar-refractivity contribution in [2.45, 2.75) is 57.2 Å². The van der Waals surface area contributed by atoms with Crippen molar-refractivity contribution < 1.29 is 23.0 Å². The Morgan fingerprint density at radius 3 is 2.31 bits per heavy atom. The van der Waals surface area contributed by atoms with E-state index in [2.05, 4.69) is 6.92 Å². The van der Waals surface area contributed by atoms with Gasteiger partial charge in [-0.3, -0.25) is 0 Å². The van der Waals surface area contributed by atoms with Gasteiger partial charge >= 0.3 is 0 Å². The number of halogens is 2. The van der Waals surface area contributed by atoms with Crippen LogP contribution in [0.3, 0.4) is 0 Å². The number of hydrogen-bond acceptors (Lipinski definition) is 3. The SMILES string of the molecule is CCCCOc1ccc(-c2ccc(C3CCC4(CC3)OCCO4)c(F)c2F)cc1. The van der Waals surface area contributed by atoms with Gasteiger partial charge in [-0.2, -0.15) is 0 Å². The first-order valence-electron chi connectivity index (χ1n) is 10.6. The standard InChI is InChI=1S/C24H28F2O3/c1-2-3-14-27-19-6-4-17(5-7-19)20-8-9-21(23(26)22(20)25)18-10-12-24(13-11-18)28-15-16-29-24/h4-9,18H,2-3,10-16H2,1H3. The Balaban J connectivity index is 1.47. The van der Waals surface area contributed by atoms with Gasteiger partial charge in [0, 0.05) is 18.4 Å². The second-order valence-corrected chi connectivity index (χ2v) is 7.94. The molecule has 1 heterocycles. The molecule has 0 amide bonds. The molecule has 29 heavy (non-hydrogen) atoms. The maximum absolute atomic E-state index is 14.9. The van der Waals surface area contributed by atoms with Crippen LogP contribution >= 0.6 is 0 Å². The van der Waals surface area contributed by atoms with E-state index in [0.29, 0.717) is 30.9 Å². The van der Waals surface area contributed by atoms with E-state index >= 15 is 0 Å². The lowest BCUT2D eigenvalue weighted by Gasteiger charge is -2.35. The van der Waals surface area contributed by atoms with Crippen molar-refractivity contribution in [1.29, 1.82) is 0 Å². The molecule has 1 spiro atoms. The maximum atomic E-state index is 14.9. The third-order valence-electron chi connectivity index (χ3n) is 6.04.